The van der Waals surface area contributed by atoms with Gasteiger partial charge in [0.1, 0.15) is 17.7 Å². The summed E-state index contributed by atoms with van der Waals surface area (Å²) in [5, 5.41) is 23.0. The first kappa shape index (κ1) is 43.0. The van der Waals surface area contributed by atoms with E-state index in [0.717, 1.165) is 21.8 Å². The fourth-order valence-corrected chi connectivity index (χ4v) is 5.39. The highest BCUT2D eigenvalue weighted by atomic mass is 19.4. The molecule has 12 nitrogen and oxygen atoms in total. The van der Waals surface area contributed by atoms with Crippen LogP contribution in [-0.4, -0.2) is 29.5 Å². The number of azo groups is 2. The number of aromatic nitrogens is 6. The van der Waals surface area contributed by atoms with Crippen LogP contribution in [0.25, 0.3) is 11.6 Å². The second-order valence-electron chi connectivity index (χ2n) is 14.5. The molecule has 0 atom stereocenters. The maximum absolute atomic E-state index is 13.8. The number of hydrogen-bond acceptors (Lipinski definition) is 10. The number of halogens is 12. The van der Waals surface area contributed by atoms with E-state index in [1.807, 2.05) is 0 Å². The van der Waals surface area contributed by atoms with E-state index < -0.39 is 92.2 Å². The Morgan fingerprint density at radius 2 is 0.741 bits per heavy atom. The van der Waals surface area contributed by atoms with Crippen LogP contribution in [0.2, 0.25) is 0 Å². The van der Waals surface area contributed by atoms with Crippen molar-refractivity contribution in [2.45, 2.75) is 77.1 Å². The maximum atomic E-state index is 13.8. The van der Waals surface area contributed by atoms with E-state index in [2.05, 4.69) is 40.6 Å². The first-order valence-electron chi connectivity index (χ1n) is 16.4. The van der Waals surface area contributed by atoms with Crippen molar-refractivity contribution < 1.29 is 52.7 Å². The zero-order valence-electron chi connectivity index (χ0n) is 30.8. The molecular formula is C34H30F12N12. The standard InChI is InChI=1S/C34H30F12N12/c1-29(2,3)25-23(53-51-21-15(31(35,36)37)9-7-10-16(21)32(38,39)40)27(47)57(55-25)19-13-20(50-14-49-19)58-28(48)24(26(56-58)30(4,5)6)54-52-22-17(33(41,42)43)11-8-12-18(22)34(44,45)46/h7-14H,47-48H2,1-6H3. The molecule has 5 rings (SSSR count). The molecule has 0 saturated carbocycles. The van der Waals surface area contributed by atoms with Gasteiger partial charge in [-0.2, -0.15) is 72.2 Å². The summed E-state index contributed by atoms with van der Waals surface area (Å²) >= 11 is 0. The summed E-state index contributed by atoms with van der Waals surface area (Å²) in [6.45, 7) is 9.55. The van der Waals surface area contributed by atoms with E-state index in [0.29, 0.717) is 36.4 Å². The Hall–Kier alpha value is -6.10. The van der Waals surface area contributed by atoms with E-state index in [9.17, 15) is 52.7 Å². The number of hydrogen-bond donors (Lipinski definition) is 2. The molecule has 3 aromatic heterocycles. The molecule has 0 aliphatic heterocycles. The number of benzene rings is 2. The molecule has 0 spiro atoms. The lowest BCUT2D eigenvalue weighted by Crippen LogP contribution is -2.14. The first-order valence-corrected chi connectivity index (χ1v) is 16.4. The molecule has 0 unspecified atom stereocenters. The van der Waals surface area contributed by atoms with Crippen molar-refractivity contribution in [3.63, 3.8) is 0 Å². The van der Waals surface area contributed by atoms with E-state index in [1.165, 1.54) is 0 Å². The van der Waals surface area contributed by atoms with E-state index in [1.54, 1.807) is 41.5 Å². The molecule has 0 radical (unpaired) electrons. The Bertz CT molecular complexity index is 2180. The minimum absolute atomic E-state index is 0.0411. The number of nitrogen functional groups attached to an aromatic ring is 2. The fraction of sp³-hybridized carbons (Fsp3) is 0.353. The Kier molecular flexibility index (Phi) is 10.7. The predicted octanol–water partition coefficient (Wildman–Crippen LogP) is 11.5. The van der Waals surface area contributed by atoms with Crippen molar-refractivity contribution in [3.8, 4) is 11.6 Å². The topological polar surface area (TPSA) is 163 Å². The van der Waals surface area contributed by atoms with Gasteiger partial charge < -0.3 is 11.5 Å². The van der Waals surface area contributed by atoms with Crippen molar-refractivity contribution >= 4 is 34.4 Å². The number of nitrogens with zero attached hydrogens (tertiary/aromatic N) is 10. The molecule has 0 saturated heterocycles. The van der Waals surface area contributed by atoms with Crippen molar-refractivity contribution in [1.29, 1.82) is 0 Å². The third-order valence-corrected chi connectivity index (χ3v) is 8.08. The highest BCUT2D eigenvalue weighted by Gasteiger charge is 2.43. The molecule has 4 N–H and O–H groups in total. The van der Waals surface area contributed by atoms with Crippen molar-refractivity contribution in [1.82, 2.24) is 29.5 Å². The Morgan fingerprint density at radius 3 is 1.00 bits per heavy atom. The average molecular weight is 835 g/mol. The smallest absolute Gasteiger partial charge is 0.382 e. The summed E-state index contributed by atoms with van der Waals surface area (Å²) in [5.74, 6) is -1.27. The van der Waals surface area contributed by atoms with Crippen LogP contribution in [0.1, 0.15) is 75.2 Å². The molecule has 0 aliphatic carbocycles. The molecule has 58 heavy (non-hydrogen) atoms. The quantitative estimate of drug-likeness (QED) is 0.128. The SMILES string of the molecule is CC(C)(C)c1nn(-c2cc(-n3nc(C(C)(C)C)c(N=Nc4c(C(F)(F)F)cccc4C(F)(F)F)c3N)ncn2)c(N)c1N=Nc1c(C(F)(F)F)cccc1C(F)(F)F. The largest absolute Gasteiger partial charge is 0.418 e. The fourth-order valence-electron chi connectivity index (χ4n) is 5.39. The van der Waals surface area contributed by atoms with Gasteiger partial charge in [-0.3, -0.25) is 0 Å². The van der Waals surface area contributed by atoms with Crippen LogP contribution in [0.4, 0.5) is 87.1 Å². The lowest BCUT2D eigenvalue weighted by Gasteiger charge is -2.16. The molecule has 5 aromatic rings. The normalized spacial score (nSPS) is 13.7. The van der Waals surface area contributed by atoms with Gasteiger partial charge >= 0.3 is 24.7 Å². The third-order valence-electron chi connectivity index (χ3n) is 8.08. The van der Waals surface area contributed by atoms with Crippen LogP contribution >= 0.6 is 0 Å². The lowest BCUT2D eigenvalue weighted by atomic mass is 9.91. The first-order chi connectivity index (χ1) is 26.4. The zero-order chi connectivity index (χ0) is 43.6. The van der Waals surface area contributed by atoms with E-state index >= 15 is 0 Å². The van der Waals surface area contributed by atoms with Crippen molar-refractivity contribution in [2.75, 3.05) is 11.5 Å². The van der Waals surface area contributed by atoms with Crippen LogP contribution in [0, 0.1) is 0 Å². The van der Waals surface area contributed by atoms with Crippen molar-refractivity contribution in [3.05, 3.63) is 82.4 Å². The summed E-state index contributed by atoms with van der Waals surface area (Å²) in [6.07, 6.45) is -20.1. The summed E-state index contributed by atoms with van der Waals surface area (Å²) in [6, 6.07) is 3.93. The minimum Gasteiger partial charge on any atom is -0.382 e. The van der Waals surface area contributed by atoms with Gasteiger partial charge in [0.05, 0.1) is 33.6 Å². The molecule has 0 fully saturated rings. The predicted molar refractivity (Wildman–Crippen MR) is 184 cm³/mol. The second kappa shape index (κ2) is 14.4. The van der Waals surface area contributed by atoms with Crippen molar-refractivity contribution in [2.24, 2.45) is 20.5 Å². The lowest BCUT2D eigenvalue weighted by molar-refractivity contribution is -0.143. The van der Waals surface area contributed by atoms with Gasteiger partial charge in [-0.05, 0) is 24.3 Å². The number of nitrogens with two attached hydrogens (primary N) is 2. The van der Waals surface area contributed by atoms with Gasteiger partial charge in [-0.15, -0.1) is 20.5 Å². The number of rotatable bonds is 6. The third kappa shape index (κ3) is 8.58. The van der Waals surface area contributed by atoms with Crippen LogP contribution in [-0.2, 0) is 35.5 Å². The van der Waals surface area contributed by atoms with E-state index in [4.69, 9.17) is 11.5 Å². The Balaban J connectivity index is 1.66. The van der Waals surface area contributed by atoms with Crippen LogP contribution in [0.15, 0.2) is 69.2 Å². The molecule has 310 valence electrons. The zero-order valence-corrected chi connectivity index (χ0v) is 30.8. The summed E-state index contributed by atoms with van der Waals surface area (Å²) in [4.78, 5) is 8.19. The molecule has 24 heteroatoms. The van der Waals surface area contributed by atoms with Gasteiger partial charge in [0.25, 0.3) is 0 Å². The minimum atomic E-state index is -5.25. The monoisotopic (exact) mass is 834 g/mol. The molecule has 0 amide bonds. The van der Waals surface area contributed by atoms with Gasteiger partial charge in [0, 0.05) is 16.9 Å². The highest BCUT2D eigenvalue weighted by Crippen LogP contribution is 2.48. The number of anilines is 2. The van der Waals surface area contributed by atoms with E-state index in [-0.39, 0.29) is 23.0 Å². The Morgan fingerprint density at radius 1 is 0.466 bits per heavy atom. The molecule has 0 bridgehead atoms. The maximum Gasteiger partial charge on any atom is 0.418 e. The summed E-state index contributed by atoms with van der Waals surface area (Å²) in [5.41, 5.74) is -0.161. The molecule has 2 aromatic carbocycles. The Labute approximate surface area is 319 Å². The van der Waals surface area contributed by atoms with Crippen LogP contribution in [0.3, 0.4) is 0 Å². The molecular weight excluding hydrogens is 804 g/mol. The van der Waals surface area contributed by atoms with Gasteiger partial charge in [-0.1, -0.05) is 53.7 Å². The average Bonchev–Trinajstić information content (AvgIpc) is 3.60. The van der Waals surface area contributed by atoms with Gasteiger partial charge in [-0.25, -0.2) is 9.97 Å². The van der Waals surface area contributed by atoms with Gasteiger partial charge in [0.2, 0.25) is 0 Å². The molecule has 0 aliphatic rings. The summed E-state index contributed by atoms with van der Waals surface area (Å²) < 4.78 is 168. The van der Waals surface area contributed by atoms with Crippen LogP contribution in [0.5, 0.6) is 0 Å². The number of alkyl halides is 12. The summed E-state index contributed by atoms with van der Waals surface area (Å²) in [7, 11) is 0. The van der Waals surface area contributed by atoms with Gasteiger partial charge in [0.15, 0.2) is 34.6 Å². The van der Waals surface area contributed by atoms with Crippen LogP contribution < -0.4 is 11.5 Å². The highest BCUT2D eigenvalue weighted by molar-refractivity contribution is 5.68. The second-order valence-corrected chi connectivity index (χ2v) is 14.5. The molecule has 3 heterocycles.